The number of piperidine rings is 1. The first-order chi connectivity index (χ1) is 10.7. The van der Waals surface area contributed by atoms with Crippen molar-refractivity contribution in [1.82, 2.24) is 15.1 Å². The summed E-state index contributed by atoms with van der Waals surface area (Å²) in [7, 11) is 0. The van der Waals surface area contributed by atoms with Crippen molar-refractivity contribution in [2.45, 2.75) is 32.2 Å². The maximum atomic E-state index is 11.8. The van der Waals surface area contributed by atoms with Crippen LogP contribution in [0, 0.1) is 0 Å². The van der Waals surface area contributed by atoms with Crippen LogP contribution in [0.15, 0.2) is 22.7 Å². The quantitative estimate of drug-likeness (QED) is 0.846. The van der Waals surface area contributed by atoms with E-state index < -0.39 is 0 Å². The zero-order valence-corrected chi connectivity index (χ0v) is 14.2. The van der Waals surface area contributed by atoms with E-state index in [0.717, 1.165) is 47.0 Å². The second kappa shape index (κ2) is 6.79. The van der Waals surface area contributed by atoms with Crippen molar-refractivity contribution in [2.24, 2.45) is 0 Å². The van der Waals surface area contributed by atoms with Crippen LogP contribution < -0.4 is 5.32 Å². The number of fused-ring (bicyclic) bond motifs is 1. The maximum Gasteiger partial charge on any atom is 0.327 e. The maximum absolute atomic E-state index is 11.8. The zero-order chi connectivity index (χ0) is 15.5. The number of esters is 1. The molecule has 0 unspecified atom stereocenters. The molecule has 1 N–H and O–H groups in total. The highest BCUT2D eigenvalue weighted by molar-refractivity contribution is 9.10. The smallest absolute Gasteiger partial charge is 0.327 e. The van der Waals surface area contributed by atoms with Crippen LogP contribution in [0.4, 0.5) is 0 Å². The number of nitrogens with zero attached hydrogens (tertiary/aromatic N) is 2. The monoisotopic (exact) mass is 365 g/mol. The first-order valence-corrected chi connectivity index (χ1v) is 8.51. The molecular weight excluding hydrogens is 346 g/mol. The molecule has 2 heterocycles. The lowest BCUT2D eigenvalue weighted by atomic mass is 9.93. The fourth-order valence-corrected chi connectivity index (χ4v) is 3.60. The molecule has 1 aliphatic heterocycles. The predicted molar refractivity (Wildman–Crippen MR) is 88.9 cm³/mol. The molecular formula is C16H20BrN3O2. The minimum atomic E-state index is -0.247. The van der Waals surface area contributed by atoms with Gasteiger partial charge < -0.3 is 10.1 Å². The molecule has 6 heteroatoms. The Labute approximate surface area is 138 Å². The fourth-order valence-electron chi connectivity index (χ4n) is 3.05. The molecule has 0 atom stereocenters. The first kappa shape index (κ1) is 15.5. The number of rotatable bonds is 4. The van der Waals surface area contributed by atoms with Gasteiger partial charge >= 0.3 is 5.97 Å². The highest BCUT2D eigenvalue weighted by Crippen LogP contribution is 2.35. The van der Waals surface area contributed by atoms with Crippen LogP contribution in [-0.2, 0) is 16.1 Å². The number of nitrogens with one attached hydrogen (secondary N) is 1. The molecule has 22 heavy (non-hydrogen) atoms. The van der Waals surface area contributed by atoms with Gasteiger partial charge in [0.25, 0.3) is 0 Å². The van der Waals surface area contributed by atoms with Crippen molar-refractivity contribution in [1.29, 1.82) is 0 Å². The van der Waals surface area contributed by atoms with Crippen molar-refractivity contribution < 1.29 is 9.53 Å². The second-order valence-electron chi connectivity index (χ2n) is 5.51. The third-order valence-electron chi connectivity index (χ3n) is 4.06. The highest BCUT2D eigenvalue weighted by atomic mass is 79.9. The van der Waals surface area contributed by atoms with Gasteiger partial charge in [0.15, 0.2) is 0 Å². The van der Waals surface area contributed by atoms with E-state index in [1.165, 1.54) is 0 Å². The molecule has 0 saturated carbocycles. The van der Waals surface area contributed by atoms with Crippen LogP contribution in [-0.4, -0.2) is 35.4 Å². The molecule has 1 aromatic heterocycles. The number of benzene rings is 1. The summed E-state index contributed by atoms with van der Waals surface area (Å²) in [5.74, 6) is 0.189. The average Bonchev–Trinajstić information content (AvgIpc) is 2.89. The second-order valence-corrected chi connectivity index (χ2v) is 6.36. The summed E-state index contributed by atoms with van der Waals surface area (Å²) in [5, 5.41) is 9.26. The van der Waals surface area contributed by atoms with Gasteiger partial charge in [-0.15, -0.1) is 0 Å². The number of ether oxygens (including phenoxy) is 1. The molecule has 1 saturated heterocycles. The molecule has 0 radical (unpaired) electrons. The standard InChI is InChI=1S/C16H20BrN3O2/c1-2-22-14(21)10-20-13-5-3-4-12(17)15(13)16(19-20)11-6-8-18-9-7-11/h3-5,11,18H,2,6-10H2,1H3. The summed E-state index contributed by atoms with van der Waals surface area (Å²) in [6, 6.07) is 6.02. The molecule has 0 amide bonds. The fraction of sp³-hybridized carbons (Fsp3) is 0.500. The molecule has 1 aliphatic rings. The molecule has 0 bridgehead atoms. The van der Waals surface area contributed by atoms with E-state index >= 15 is 0 Å². The van der Waals surface area contributed by atoms with E-state index in [1.54, 1.807) is 4.68 Å². The van der Waals surface area contributed by atoms with Crippen molar-refractivity contribution >= 4 is 32.8 Å². The third kappa shape index (κ3) is 3.03. The molecule has 118 valence electrons. The number of carbonyl (C=O) groups excluding carboxylic acids is 1. The summed E-state index contributed by atoms with van der Waals surface area (Å²) in [6.07, 6.45) is 2.15. The van der Waals surface area contributed by atoms with Crippen molar-refractivity contribution in [3.63, 3.8) is 0 Å². The number of halogens is 1. The van der Waals surface area contributed by atoms with E-state index in [9.17, 15) is 4.79 Å². The van der Waals surface area contributed by atoms with Crippen LogP contribution in [0.3, 0.4) is 0 Å². The Morgan fingerprint density at radius 2 is 2.23 bits per heavy atom. The molecule has 0 spiro atoms. The van der Waals surface area contributed by atoms with Crippen molar-refractivity contribution in [3.05, 3.63) is 28.4 Å². The molecule has 1 aromatic carbocycles. The van der Waals surface area contributed by atoms with Crippen molar-refractivity contribution in [3.8, 4) is 0 Å². The number of aromatic nitrogens is 2. The summed E-state index contributed by atoms with van der Waals surface area (Å²) in [4.78, 5) is 11.8. The molecule has 1 fully saturated rings. The summed E-state index contributed by atoms with van der Waals surface area (Å²) < 4.78 is 7.87. The molecule has 0 aliphatic carbocycles. The van der Waals surface area contributed by atoms with E-state index in [-0.39, 0.29) is 12.5 Å². The van der Waals surface area contributed by atoms with Crippen LogP contribution in [0.25, 0.3) is 10.9 Å². The predicted octanol–water partition coefficient (Wildman–Crippen LogP) is 2.83. The van der Waals surface area contributed by atoms with E-state index in [1.807, 2.05) is 25.1 Å². The van der Waals surface area contributed by atoms with Gasteiger partial charge in [-0.2, -0.15) is 5.10 Å². The summed E-state index contributed by atoms with van der Waals surface area (Å²) in [6.45, 7) is 4.40. The van der Waals surface area contributed by atoms with Gasteiger partial charge in [-0.3, -0.25) is 9.48 Å². The first-order valence-electron chi connectivity index (χ1n) is 7.72. The van der Waals surface area contributed by atoms with Crippen LogP contribution in [0.1, 0.15) is 31.4 Å². The lowest BCUT2D eigenvalue weighted by Crippen LogP contribution is -2.27. The van der Waals surface area contributed by atoms with Gasteiger partial charge in [0.05, 0.1) is 17.8 Å². The van der Waals surface area contributed by atoms with Crippen molar-refractivity contribution in [2.75, 3.05) is 19.7 Å². The lowest BCUT2D eigenvalue weighted by molar-refractivity contribution is -0.143. The van der Waals surface area contributed by atoms with Crippen LogP contribution >= 0.6 is 15.9 Å². The Bertz CT molecular complexity index is 677. The van der Waals surface area contributed by atoms with Crippen LogP contribution in [0.5, 0.6) is 0 Å². The van der Waals surface area contributed by atoms with Crippen LogP contribution in [0.2, 0.25) is 0 Å². The molecule has 5 nitrogen and oxygen atoms in total. The largest absolute Gasteiger partial charge is 0.465 e. The van der Waals surface area contributed by atoms with Gasteiger partial charge in [-0.25, -0.2) is 0 Å². The lowest BCUT2D eigenvalue weighted by Gasteiger charge is -2.21. The number of carbonyl (C=O) groups is 1. The highest BCUT2D eigenvalue weighted by Gasteiger charge is 2.23. The Balaban J connectivity index is 2.02. The Morgan fingerprint density at radius 1 is 1.45 bits per heavy atom. The summed E-state index contributed by atoms with van der Waals surface area (Å²) >= 11 is 3.64. The van der Waals surface area contributed by atoms with Gasteiger partial charge in [0, 0.05) is 15.8 Å². The van der Waals surface area contributed by atoms with Gasteiger partial charge in [0.2, 0.25) is 0 Å². The third-order valence-corrected chi connectivity index (χ3v) is 4.73. The van der Waals surface area contributed by atoms with Gasteiger partial charge in [-0.05, 0) is 45.0 Å². The normalized spacial score (nSPS) is 16.1. The minimum absolute atomic E-state index is 0.158. The summed E-state index contributed by atoms with van der Waals surface area (Å²) in [5.41, 5.74) is 2.07. The topological polar surface area (TPSA) is 56.2 Å². The van der Waals surface area contributed by atoms with E-state index in [4.69, 9.17) is 9.84 Å². The number of hydrogen-bond donors (Lipinski definition) is 1. The number of hydrogen-bond acceptors (Lipinski definition) is 4. The molecule has 2 aromatic rings. The van der Waals surface area contributed by atoms with E-state index in [0.29, 0.717) is 12.5 Å². The average molecular weight is 366 g/mol. The SMILES string of the molecule is CCOC(=O)Cn1nc(C2CCNCC2)c2c(Br)cccc21. The Hall–Kier alpha value is -1.40. The Morgan fingerprint density at radius 3 is 2.95 bits per heavy atom. The zero-order valence-electron chi connectivity index (χ0n) is 12.6. The van der Waals surface area contributed by atoms with E-state index in [2.05, 4.69) is 21.2 Å². The van der Waals surface area contributed by atoms with Gasteiger partial charge in [-0.1, -0.05) is 22.0 Å². The minimum Gasteiger partial charge on any atom is -0.465 e. The Kier molecular flexibility index (Phi) is 4.78. The molecule has 3 rings (SSSR count). The van der Waals surface area contributed by atoms with Gasteiger partial charge in [0.1, 0.15) is 6.54 Å².